The number of nitrogens with one attached hydrogen (secondary N) is 1. The van der Waals surface area contributed by atoms with E-state index in [9.17, 15) is 4.79 Å². The molecule has 0 radical (unpaired) electrons. The summed E-state index contributed by atoms with van der Waals surface area (Å²) in [5.41, 5.74) is 2.48. The van der Waals surface area contributed by atoms with Crippen molar-refractivity contribution in [2.24, 2.45) is 0 Å². The van der Waals surface area contributed by atoms with Gasteiger partial charge < -0.3 is 5.32 Å². The van der Waals surface area contributed by atoms with Crippen LogP contribution in [0.2, 0.25) is 0 Å². The van der Waals surface area contributed by atoms with Crippen LogP contribution in [-0.4, -0.2) is 16.1 Å². The SMILES string of the molecule is CCC(=O)Nc1nnc(Cc2ccccc2C)s1. The Morgan fingerprint density at radius 2 is 2.11 bits per heavy atom. The summed E-state index contributed by atoms with van der Waals surface area (Å²) in [6.07, 6.45) is 1.21. The molecule has 0 bridgehead atoms. The van der Waals surface area contributed by atoms with Gasteiger partial charge in [-0.3, -0.25) is 4.79 Å². The molecule has 0 aliphatic rings. The molecule has 2 aromatic rings. The number of aromatic nitrogens is 2. The molecule has 5 heteroatoms. The lowest BCUT2D eigenvalue weighted by atomic mass is 10.1. The second-order valence-electron chi connectivity index (χ2n) is 4.01. The van der Waals surface area contributed by atoms with E-state index < -0.39 is 0 Å². The number of nitrogens with zero attached hydrogens (tertiary/aromatic N) is 2. The van der Waals surface area contributed by atoms with Crippen LogP contribution in [0.15, 0.2) is 24.3 Å². The molecule has 0 atom stereocenters. The quantitative estimate of drug-likeness (QED) is 0.920. The minimum atomic E-state index is -0.0337. The smallest absolute Gasteiger partial charge is 0.225 e. The number of carbonyl (C=O) groups is 1. The molecule has 0 saturated heterocycles. The fourth-order valence-corrected chi connectivity index (χ4v) is 2.33. The highest BCUT2D eigenvalue weighted by atomic mass is 32.1. The van der Waals surface area contributed by atoms with Crippen molar-refractivity contribution < 1.29 is 4.79 Å². The number of aryl methyl sites for hydroxylation is 1. The van der Waals surface area contributed by atoms with E-state index in [-0.39, 0.29) is 5.91 Å². The van der Waals surface area contributed by atoms with Gasteiger partial charge in [-0.15, -0.1) is 10.2 Å². The number of benzene rings is 1. The molecule has 1 aromatic heterocycles. The summed E-state index contributed by atoms with van der Waals surface area (Å²) in [5, 5.41) is 12.3. The summed E-state index contributed by atoms with van der Waals surface area (Å²) in [6.45, 7) is 3.89. The Morgan fingerprint density at radius 1 is 1.33 bits per heavy atom. The van der Waals surface area contributed by atoms with Crippen LogP contribution >= 0.6 is 11.3 Å². The molecule has 18 heavy (non-hydrogen) atoms. The number of carbonyl (C=O) groups excluding carboxylic acids is 1. The largest absolute Gasteiger partial charge is 0.301 e. The lowest BCUT2D eigenvalue weighted by Gasteiger charge is -2.01. The molecule has 0 aliphatic heterocycles. The van der Waals surface area contributed by atoms with Crippen molar-refractivity contribution in [2.45, 2.75) is 26.7 Å². The van der Waals surface area contributed by atoms with E-state index in [0.717, 1.165) is 11.4 Å². The average molecular weight is 261 g/mol. The van der Waals surface area contributed by atoms with Gasteiger partial charge in [-0.1, -0.05) is 42.5 Å². The van der Waals surface area contributed by atoms with Gasteiger partial charge in [0.2, 0.25) is 11.0 Å². The summed E-state index contributed by atoms with van der Waals surface area (Å²) in [7, 11) is 0. The van der Waals surface area contributed by atoms with Gasteiger partial charge in [0, 0.05) is 12.8 Å². The van der Waals surface area contributed by atoms with E-state index in [2.05, 4.69) is 34.6 Å². The third-order valence-corrected chi connectivity index (χ3v) is 3.48. The molecular weight excluding hydrogens is 246 g/mol. The van der Waals surface area contributed by atoms with Crippen LogP contribution in [0.25, 0.3) is 0 Å². The van der Waals surface area contributed by atoms with Gasteiger partial charge in [0.15, 0.2) is 0 Å². The van der Waals surface area contributed by atoms with Crippen LogP contribution in [0.5, 0.6) is 0 Å². The zero-order valence-electron chi connectivity index (χ0n) is 10.4. The predicted octanol–water partition coefficient (Wildman–Crippen LogP) is 2.79. The highest BCUT2D eigenvalue weighted by Crippen LogP contribution is 2.20. The van der Waals surface area contributed by atoms with Crippen molar-refractivity contribution in [2.75, 3.05) is 5.32 Å². The number of anilines is 1. The second kappa shape index (κ2) is 5.73. The van der Waals surface area contributed by atoms with Crippen molar-refractivity contribution in [1.29, 1.82) is 0 Å². The first kappa shape index (κ1) is 12.7. The van der Waals surface area contributed by atoms with E-state index in [4.69, 9.17) is 0 Å². The molecule has 1 amide bonds. The summed E-state index contributed by atoms with van der Waals surface area (Å²) < 4.78 is 0. The molecule has 0 saturated carbocycles. The summed E-state index contributed by atoms with van der Waals surface area (Å²) in [4.78, 5) is 11.2. The molecule has 0 spiro atoms. The highest BCUT2D eigenvalue weighted by molar-refractivity contribution is 7.15. The average Bonchev–Trinajstić information content (AvgIpc) is 2.79. The molecule has 4 nitrogen and oxygen atoms in total. The number of amides is 1. The van der Waals surface area contributed by atoms with E-state index in [1.54, 1.807) is 0 Å². The van der Waals surface area contributed by atoms with Crippen LogP contribution in [0, 0.1) is 6.92 Å². The first-order valence-electron chi connectivity index (χ1n) is 5.85. The Kier molecular flexibility index (Phi) is 4.04. The maximum atomic E-state index is 11.2. The Balaban J connectivity index is 2.07. The van der Waals surface area contributed by atoms with Crippen molar-refractivity contribution >= 4 is 22.4 Å². The number of rotatable bonds is 4. The molecule has 1 N–H and O–H groups in total. The lowest BCUT2D eigenvalue weighted by molar-refractivity contribution is -0.115. The summed E-state index contributed by atoms with van der Waals surface area (Å²) in [5.74, 6) is -0.0337. The Labute approximate surface area is 110 Å². The molecule has 1 heterocycles. The normalized spacial score (nSPS) is 10.3. The summed E-state index contributed by atoms with van der Waals surface area (Å²) >= 11 is 1.43. The Morgan fingerprint density at radius 3 is 2.83 bits per heavy atom. The molecule has 2 rings (SSSR count). The van der Waals surface area contributed by atoms with Crippen LogP contribution in [0.3, 0.4) is 0 Å². The minimum absolute atomic E-state index is 0.0337. The Bertz CT molecular complexity index is 551. The molecular formula is C13H15N3OS. The second-order valence-corrected chi connectivity index (χ2v) is 5.07. The zero-order valence-corrected chi connectivity index (χ0v) is 11.3. The standard InChI is InChI=1S/C13H15N3OS/c1-3-11(17)14-13-16-15-12(18-13)8-10-7-5-4-6-9(10)2/h4-7H,3,8H2,1-2H3,(H,14,16,17). The van der Waals surface area contributed by atoms with E-state index >= 15 is 0 Å². The number of hydrogen-bond donors (Lipinski definition) is 1. The van der Waals surface area contributed by atoms with Crippen molar-refractivity contribution in [3.05, 3.63) is 40.4 Å². The maximum absolute atomic E-state index is 11.2. The first-order chi connectivity index (χ1) is 8.69. The first-order valence-corrected chi connectivity index (χ1v) is 6.67. The van der Waals surface area contributed by atoms with Gasteiger partial charge >= 0.3 is 0 Å². The summed E-state index contributed by atoms with van der Waals surface area (Å²) in [6, 6.07) is 8.20. The van der Waals surface area contributed by atoms with Crippen molar-refractivity contribution in [1.82, 2.24) is 10.2 Å². The predicted molar refractivity (Wildman–Crippen MR) is 72.8 cm³/mol. The molecule has 0 aliphatic carbocycles. The van der Waals surface area contributed by atoms with Gasteiger partial charge in [0.1, 0.15) is 5.01 Å². The van der Waals surface area contributed by atoms with Crippen LogP contribution in [0.4, 0.5) is 5.13 Å². The third kappa shape index (κ3) is 3.13. The molecule has 0 unspecified atom stereocenters. The zero-order chi connectivity index (χ0) is 13.0. The van der Waals surface area contributed by atoms with E-state index in [0.29, 0.717) is 11.6 Å². The van der Waals surface area contributed by atoms with Crippen LogP contribution in [-0.2, 0) is 11.2 Å². The van der Waals surface area contributed by atoms with Crippen LogP contribution < -0.4 is 5.32 Å². The molecule has 0 fully saturated rings. The third-order valence-electron chi connectivity index (χ3n) is 2.64. The van der Waals surface area contributed by atoms with Crippen molar-refractivity contribution in [3.8, 4) is 0 Å². The van der Waals surface area contributed by atoms with Gasteiger partial charge in [0.25, 0.3) is 0 Å². The van der Waals surface area contributed by atoms with Crippen LogP contribution in [0.1, 0.15) is 29.5 Å². The van der Waals surface area contributed by atoms with Gasteiger partial charge in [-0.05, 0) is 18.1 Å². The number of hydrogen-bond acceptors (Lipinski definition) is 4. The van der Waals surface area contributed by atoms with Gasteiger partial charge in [-0.2, -0.15) is 0 Å². The monoisotopic (exact) mass is 261 g/mol. The highest BCUT2D eigenvalue weighted by Gasteiger charge is 2.08. The molecule has 94 valence electrons. The van der Waals surface area contributed by atoms with E-state index in [1.807, 2.05) is 19.1 Å². The lowest BCUT2D eigenvalue weighted by Crippen LogP contribution is -2.08. The fraction of sp³-hybridized carbons (Fsp3) is 0.308. The Hall–Kier alpha value is -1.75. The topological polar surface area (TPSA) is 54.9 Å². The van der Waals surface area contributed by atoms with Gasteiger partial charge in [-0.25, -0.2) is 0 Å². The fourth-order valence-electron chi connectivity index (χ4n) is 1.55. The minimum Gasteiger partial charge on any atom is -0.301 e. The molecule has 1 aromatic carbocycles. The maximum Gasteiger partial charge on any atom is 0.225 e. The van der Waals surface area contributed by atoms with E-state index in [1.165, 1.54) is 22.5 Å². The van der Waals surface area contributed by atoms with Crippen molar-refractivity contribution in [3.63, 3.8) is 0 Å². The van der Waals surface area contributed by atoms with Gasteiger partial charge in [0.05, 0.1) is 0 Å².